The van der Waals surface area contributed by atoms with Crippen LogP contribution in [0.5, 0.6) is 5.75 Å². The highest BCUT2D eigenvalue weighted by molar-refractivity contribution is 7.99. The third-order valence-corrected chi connectivity index (χ3v) is 6.03. The van der Waals surface area contributed by atoms with Crippen LogP contribution in [0.4, 0.5) is 0 Å². The van der Waals surface area contributed by atoms with Crippen LogP contribution in [0.2, 0.25) is 0 Å². The molecule has 0 fully saturated rings. The molecule has 140 valence electrons. The molecule has 0 aromatic heterocycles. The molecule has 4 N–H and O–H groups in total. The summed E-state index contributed by atoms with van der Waals surface area (Å²) in [6.45, 7) is -0.277. The Morgan fingerprint density at radius 2 is 2.07 bits per heavy atom. The van der Waals surface area contributed by atoms with Gasteiger partial charge in [-0.2, -0.15) is 27.5 Å². The Balaban J connectivity index is 2.18. The first-order chi connectivity index (χ1) is 13.5. The number of thioether (sulfide) groups is 1. The Bertz CT molecular complexity index is 995. The summed E-state index contributed by atoms with van der Waals surface area (Å²) < 4.78 is 5.38. The number of benzene rings is 1. The number of allylic oxidation sites excluding steroid dienone is 3. The van der Waals surface area contributed by atoms with Crippen molar-refractivity contribution in [1.29, 1.82) is 15.8 Å². The molecule has 1 amide bonds. The van der Waals surface area contributed by atoms with E-state index >= 15 is 0 Å². The van der Waals surface area contributed by atoms with E-state index in [9.17, 15) is 20.6 Å². The second kappa shape index (κ2) is 7.68. The lowest BCUT2D eigenvalue weighted by atomic mass is 9.59. The van der Waals surface area contributed by atoms with Gasteiger partial charge in [0.15, 0.2) is 12.0 Å². The fourth-order valence-electron chi connectivity index (χ4n) is 3.81. The number of ether oxygens (including phenoxy) is 1. The molecule has 1 aromatic carbocycles. The zero-order valence-electron chi connectivity index (χ0n) is 14.9. The van der Waals surface area contributed by atoms with E-state index in [2.05, 4.69) is 18.2 Å². The standard InChI is InChI=1S/C20H17N5O2S/c21-7-15-14-4-5-28-9-16(14)18(20(10-22,11-23)19(15)25)12-2-1-3-13(6-12)27-8-17(24)26/h1-4,6,16,18H,5,8-9,25H2,(H2,24,26)/t16-,18-/m1/s1. The fourth-order valence-corrected chi connectivity index (χ4v) is 4.87. The van der Waals surface area contributed by atoms with Crippen molar-refractivity contribution in [2.24, 2.45) is 22.8 Å². The van der Waals surface area contributed by atoms with Crippen LogP contribution >= 0.6 is 11.8 Å². The summed E-state index contributed by atoms with van der Waals surface area (Å²) in [5, 5.41) is 29.6. The number of nitrogens with two attached hydrogens (primary N) is 2. The molecule has 0 radical (unpaired) electrons. The molecule has 0 unspecified atom stereocenters. The maximum Gasteiger partial charge on any atom is 0.255 e. The van der Waals surface area contributed by atoms with E-state index in [1.165, 1.54) is 0 Å². The summed E-state index contributed by atoms with van der Waals surface area (Å²) in [6, 6.07) is 13.1. The fraction of sp³-hybridized carbons (Fsp3) is 0.300. The molecular weight excluding hydrogens is 374 g/mol. The maximum atomic E-state index is 11.0. The summed E-state index contributed by atoms with van der Waals surface area (Å²) in [6.07, 6.45) is 1.95. The van der Waals surface area contributed by atoms with Crippen molar-refractivity contribution in [3.05, 3.63) is 52.7 Å². The first kappa shape index (κ1) is 19.4. The first-order valence-electron chi connectivity index (χ1n) is 8.50. The van der Waals surface area contributed by atoms with Crippen LogP contribution in [0.15, 0.2) is 47.2 Å². The minimum absolute atomic E-state index is 0.0112. The van der Waals surface area contributed by atoms with Crippen LogP contribution in [0, 0.1) is 45.3 Å². The number of nitrogens with zero attached hydrogens (tertiary/aromatic N) is 3. The molecule has 7 nitrogen and oxygen atoms in total. The van der Waals surface area contributed by atoms with E-state index in [0.29, 0.717) is 17.1 Å². The van der Waals surface area contributed by atoms with Crippen molar-refractivity contribution in [2.45, 2.75) is 5.92 Å². The number of fused-ring (bicyclic) bond motifs is 1. The number of rotatable bonds is 4. The smallest absolute Gasteiger partial charge is 0.255 e. The van der Waals surface area contributed by atoms with E-state index in [4.69, 9.17) is 16.2 Å². The average molecular weight is 391 g/mol. The first-order valence-corrected chi connectivity index (χ1v) is 9.66. The number of nitriles is 3. The van der Waals surface area contributed by atoms with Crippen molar-refractivity contribution in [2.75, 3.05) is 18.1 Å². The van der Waals surface area contributed by atoms with E-state index in [-0.39, 0.29) is 23.8 Å². The number of primary amides is 1. The van der Waals surface area contributed by atoms with E-state index < -0.39 is 17.2 Å². The summed E-state index contributed by atoms with van der Waals surface area (Å²) >= 11 is 1.67. The molecule has 1 heterocycles. The molecule has 3 rings (SSSR count). The van der Waals surface area contributed by atoms with Crippen LogP contribution in [0.1, 0.15) is 11.5 Å². The van der Waals surface area contributed by atoms with Gasteiger partial charge in [0, 0.05) is 23.3 Å². The quantitative estimate of drug-likeness (QED) is 0.793. The number of amides is 1. The van der Waals surface area contributed by atoms with Crippen LogP contribution in [0.25, 0.3) is 0 Å². The molecule has 2 aliphatic rings. The maximum absolute atomic E-state index is 11.0. The molecule has 0 saturated carbocycles. The second-order valence-corrected chi connectivity index (χ2v) is 7.62. The molecule has 8 heteroatoms. The molecule has 0 saturated heterocycles. The highest BCUT2D eigenvalue weighted by atomic mass is 32.2. The SMILES string of the molecule is N#CC1=C(N)C(C#N)(C#N)[C@H](c2cccc(OCC(N)=O)c2)[C@@H]2CSCC=C12. The summed E-state index contributed by atoms with van der Waals surface area (Å²) in [7, 11) is 0. The molecular formula is C20H17N5O2S. The van der Waals surface area contributed by atoms with Crippen molar-refractivity contribution in [3.8, 4) is 24.0 Å². The minimum atomic E-state index is -1.67. The van der Waals surface area contributed by atoms with Crippen LogP contribution in [-0.4, -0.2) is 24.0 Å². The van der Waals surface area contributed by atoms with E-state index in [1.807, 2.05) is 6.08 Å². The molecule has 1 aromatic rings. The Morgan fingerprint density at radius 1 is 1.32 bits per heavy atom. The predicted molar refractivity (Wildman–Crippen MR) is 103 cm³/mol. The van der Waals surface area contributed by atoms with Crippen molar-refractivity contribution < 1.29 is 9.53 Å². The van der Waals surface area contributed by atoms with Gasteiger partial charge in [-0.15, -0.1) is 0 Å². The van der Waals surface area contributed by atoms with Gasteiger partial charge >= 0.3 is 0 Å². The summed E-state index contributed by atoms with van der Waals surface area (Å²) in [5.41, 5.74) is 11.4. The van der Waals surface area contributed by atoms with Gasteiger partial charge in [0.2, 0.25) is 0 Å². The summed E-state index contributed by atoms with van der Waals surface area (Å²) in [4.78, 5) is 11.0. The molecule has 2 atom stereocenters. The van der Waals surface area contributed by atoms with Crippen molar-refractivity contribution in [1.82, 2.24) is 0 Å². The Hall–Kier alpha value is -3.41. The number of hydrogen-bond acceptors (Lipinski definition) is 7. The molecule has 1 aliphatic carbocycles. The van der Waals surface area contributed by atoms with Crippen LogP contribution < -0.4 is 16.2 Å². The zero-order valence-corrected chi connectivity index (χ0v) is 15.7. The second-order valence-electron chi connectivity index (χ2n) is 6.54. The third kappa shape index (κ3) is 3.07. The Kier molecular flexibility index (Phi) is 5.31. The minimum Gasteiger partial charge on any atom is -0.484 e. The molecule has 0 spiro atoms. The molecule has 0 bridgehead atoms. The van der Waals surface area contributed by atoms with Gasteiger partial charge in [-0.25, -0.2) is 0 Å². The Labute approximate surface area is 166 Å². The third-order valence-electron chi connectivity index (χ3n) is 5.03. The number of carbonyl (C=O) groups excluding carboxylic acids is 1. The highest BCUT2D eigenvalue weighted by Crippen LogP contribution is 2.55. The highest BCUT2D eigenvalue weighted by Gasteiger charge is 2.53. The number of carbonyl (C=O) groups is 1. The lowest BCUT2D eigenvalue weighted by Crippen LogP contribution is -2.43. The van der Waals surface area contributed by atoms with Gasteiger partial charge in [0.25, 0.3) is 5.91 Å². The molecule has 1 aliphatic heterocycles. The van der Waals surface area contributed by atoms with Gasteiger partial charge in [-0.1, -0.05) is 18.2 Å². The van der Waals surface area contributed by atoms with Gasteiger partial charge in [-0.3, -0.25) is 4.79 Å². The lowest BCUT2D eigenvalue weighted by molar-refractivity contribution is -0.119. The van der Waals surface area contributed by atoms with Gasteiger partial charge in [0.05, 0.1) is 23.4 Å². The number of hydrogen-bond donors (Lipinski definition) is 2. The Morgan fingerprint density at radius 3 is 2.71 bits per heavy atom. The monoisotopic (exact) mass is 391 g/mol. The van der Waals surface area contributed by atoms with Crippen molar-refractivity contribution >= 4 is 17.7 Å². The van der Waals surface area contributed by atoms with Gasteiger partial charge < -0.3 is 16.2 Å². The zero-order chi connectivity index (χ0) is 20.3. The van der Waals surface area contributed by atoms with Crippen LogP contribution in [-0.2, 0) is 4.79 Å². The average Bonchev–Trinajstić information content (AvgIpc) is 2.71. The lowest BCUT2D eigenvalue weighted by Gasteiger charge is -2.43. The van der Waals surface area contributed by atoms with Crippen LogP contribution in [0.3, 0.4) is 0 Å². The largest absolute Gasteiger partial charge is 0.484 e. The van der Waals surface area contributed by atoms with Gasteiger partial charge in [-0.05, 0) is 23.3 Å². The van der Waals surface area contributed by atoms with E-state index in [0.717, 1.165) is 11.3 Å². The summed E-state index contributed by atoms with van der Waals surface area (Å²) in [5.74, 6) is 0.411. The normalized spacial score (nSPS) is 22.7. The topological polar surface area (TPSA) is 150 Å². The molecule has 28 heavy (non-hydrogen) atoms. The van der Waals surface area contributed by atoms with Crippen molar-refractivity contribution in [3.63, 3.8) is 0 Å². The van der Waals surface area contributed by atoms with E-state index in [1.54, 1.807) is 36.0 Å². The predicted octanol–water partition coefficient (Wildman–Crippen LogP) is 1.71. The van der Waals surface area contributed by atoms with Gasteiger partial charge in [0.1, 0.15) is 11.8 Å².